The van der Waals surface area contributed by atoms with E-state index in [0.717, 1.165) is 13.0 Å². The second-order valence-corrected chi connectivity index (χ2v) is 6.24. The molecule has 0 aromatic rings. The van der Waals surface area contributed by atoms with Crippen molar-refractivity contribution in [1.82, 2.24) is 4.90 Å². The second kappa shape index (κ2) is 4.16. The predicted molar refractivity (Wildman–Crippen MR) is 59.1 cm³/mol. The first kappa shape index (κ1) is 11.3. The van der Waals surface area contributed by atoms with E-state index in [1.54, 1.807) is 0 Å². The van der Waals surface area contributed by atoms with E-state index in [4.69, 9.17) is 11.6 Å². The summed E-state index contributed by atoms with van der Waals surface area (Å²) in [5.74, 6) is 6.06. The zero-order valence-corrected chi connectivity index (χ0v) is 9.51. The maximum absolute atomic E-state index is 11.8. The fraction of sp³-hybridized carbons (Fsp3) is 0.875. The van der Waals surface area contributed by atoms with Gasteiger partial charge in [-0.3, -0.25) is 4.21 Å². The summed E-state index contributed by atoms with van der Waals surface area (Å²) in [6, 6.07) is 0. The lowest BCUT2D eigenvalue weighted by Crippen LogP contribution is -2.39. The Morgan fingerprint density at radius 2 is 2.14 bits per heavy atom. The Bertz CT molecular complexity index is 264. The van der Waals surface area contributed by atoms with E-state index in [9.17, 15) is 4.21 Å². The van der Waals surface area contributed by atoms with Gasteiger partial charge in [-0.1, -0.05) is 0 Å². The van der Waals surface area contributed by atoms with E-state index in [1.165, 1.54) is 0 Å². The quantitative estimate of drug-likeness (QED) is 0.246. The van der Waals surface area contributed by atoms with Crippen molar-refractivity contribution in [1.29, 1.82) is 0 Å². The van der Waals surface area contributed by atoms with Gasteiger partial charge in [-0.25, -0.2) is 0 Å². The molecule has 4 N–H and O–H groups in total. The molecule has 82 valence electrons. The summed E-state index contributed by atoms with van der Waals surface area (Å²) in [6.45, 7) is 5.47. The van der Waals surface area contributed by atoms with Crippen LogP contribution in [-0.2, 0) is 10.8 Å². The molecule has 0 aliphatic carbocycles. The highest BCUT2D eigenvalue weighted by molar-refractivity contribution is 7.86. The van der Waals surface area contributed by atoms with Gasteiger partial charge >= 0.3 is 0 Å². The van der Waals surface area contributed by atoms with Crippen molar-refractivity contribution in [3.8, 4) is 0 Å². The molecule has 14 heavy (non-hydrogen) atoms. The summed E-state index contributed by atoms with van der Waals surface area (Å²) in [5.41, 5.74) is 5.60. The van der Waals surface area contributed by atoms with E-state index < -0.39 is 10.8 Å². The summed E-state index contributed by atoms with van der Waals surface area (Å²) in [4.78, 5) is 1.88. The Balaban J connectivity index is 2.70. The maximum Gasteiger partial charge on any atom is 0.213 e. The highest BCUT2D eigenvalue weighted by atomic mass is 32.2. The minimum Gasteiger partial charge on any atom is -0.368 e. The molecule has 0 spiro atoms. The average Bonchev–Trinajstić information content (AvgIpc) is 2.27. The van der Waals surface area contributed by atoms with Crippen molar-refractivity contribution in [2.24, 2.45) is 16.7 Å². The molecule has 1 aliphatic rings. The third-order valence-electron chi connectivity index (χ3n) is 2.60. The van der Waals surface area contributed by atoms with Crippen LogP contribution in [0.3, 0.4) is 0 Å². The van der Waals surface area contributed by atoms with Crippen molar-refractivity contribution in [3.63, 3.8) is 0 Å². The first-order valence-electron chi connectivity index (χ1n) is 4.64. The molecule has 0 bridgehead atoms. The van der Waals surface area contributed by atoms with E-state index >= 15 is 0 Å². The molecule has 1 heterocycles. The van der Waals surface area contributed by atoms with Crippen molar-refractivity contribution < 1.29 is 4.21 Å². The number of hydrogen-bond acceptors (Lipinski definition) is 3. The molecule has 5 nitrogen and oxygen atoms in total. The van der Waals surface area contributed by atoms with Crippen LogP contribution in [-0.4, -0.2) is 38.7 Å². The van der Waals surface area contributed by atoms with Crippen molar-refractivity contribution >= 4 is 16.8 Å². The van der Waals surface area contributed by atoms with Crippen molar-refractivity contribution in [3.05, 3.63) is 0 Å². The third-order valence-corrected chi connectivity index (χ3v) is 4.59. The van der Waals surface area contributed by atoms with Gasteiger partial charge in [0.25, 0.3) is 0 Å². The Kier molecular flexibility index (Phi) is 3.36. The van der Waals surface area contributed by atoms with E-state index in [1.807, 2.05) is 18.7 Å². The Morgan fingerprint density at radius 3 is 2.71 bits per heavy atom. The molecule has 1 rings (SSSR count). The lowest BCUT2D eigenvalue weighted by molar-refractivity contribution is 0.417. The molecule has 1 fully saturated rings. The molecule has 0 radical (unpaired) electrons. The Hall–Kier alpha value is -0.780. The highest BCUT2D eigenvalue weighted by Crippen LogP contribution is 2.21. The molecule has 6 heteroatoms. The summed E-state index contributed by atoms with van der Waals surface area (Å²) < 4.78 is 11.6. The Labute approximate surface area is 87.0 Å². The van der Waals surface area contributed by atoms with Crippen LogP contribution >= 0.6 is 0 Å². The van der Waals surface area contributed by atoms with Crippen molar-refractivity contribution in [2.75, 3.05) is 18.8 Å². The lowest BCUT2D eigenvalue weighted by atomic mass is 10.1. The molecule has 0 amide bonds. The fourth-order valence-corrected chi connectivity index (χ4v) is 2.67. The summed E-state index contributed by atoms with van der Waals surface area (Å²) in [7, 11) is -0.800. The van der Waals surface area contributed by atoms with Crippen molar-refractivity contribution in [2.45, 2.75) is 25.0 Å². The standard InChI is InChI=1S/C8H18N4OS/c1-8(2)3-4-12(7(9)11-10)5-6-14(8)13/h3-6,10H2,1-2H3,(H2,9,11). The van der Waals surface area contributed by atoms with Crippen LogP contribution in [0.25, 0.3) is 0 Å². The minimum atomic E-state index is -0.800. The van der Waals surface area contributed by atoms with Gasteiger partial charge in [-0.05, 0) is 20.3 Å². The van der Waals surface area contributed by atoms with Crippen LogP contribution in [0.2, 0.25) is 0 Å². The van der Waals surface area contributed by atoms with E-state index in [-0.39, 0.29) is 4.75 Å². The third kappa shape index (κ3) is 2.37. The first-order valence-corrected chi connectivity index (χ1v) is 5.96. The second-order valence-electron chi connectivity index (χ2n) is 4.03. The monoisotopic (exact) mass is 218 g/mol. The number of nitrogens with two attached hydrogens (primary N) is 2. The molecule has 0 saturated carbocycles. The van der Waals surface area contributed by atoms with Gasteiger partial charge in [0, 0.05) is 34.4 Å². The number of guanidine groups is 1. The molecule has 1 aliphatic heterocycles. The van der Waals surface area contributed by atoms with Gasteiger partial charge in [0.1, 0.15) is 0 Å². The van der Waals surface area contributed by atoms with Crippen LogP contribution < -0.4 is 11.6 Å². The smallest absolute Gasteiger partial charge is 0.213 e. The number of nitrogens with zero attached hydrogens (tertiary/aromatic N) is 2. The molecular formula is C8H18N4OS. The first-order chi connectivity index (χ1) is 6.47. The molecule has 0 aromatic carbocycles. The molecule has 0 aromatic heterocycles. The Morgan fingerprint density at radius 1 is 1.50 bits per heavy atom. The van der Waals surface area contributed by atoms with Crippen LogP contribution in [0, 0.1) is 0 Å². The zero-order valence-electron chi connectivity index (χ0n) is 8.69. The zero-order chi connectivity index (χ0) is 10.8. The predicted octanol–water partition coefficient (Wildman–Crippen LogP) is -0.592. The van der Waals surface area contributed by atoms with E-state index in [0.29, 0.717) is 18.3 Å². The molecule has 1 atom stereocenters. The SMILES string of the molecule is CC1(C)CCN(/C(N)=N/N)CCS1=O. The van der Waals surface area contributed by atoms with Gasteiger partial charge in [0.05, 0.1) is 0 Å². The summed E-state index contributed by atoms with van der Waals surface area (Å²) >= 11 is 0. The molecule has 1 saturated heterocycles. The van der Waals surface area contributed by atoms with Crippen LogP contribution in [0.4, 0.5) is 0 Å². The summed E-state index contributed by atoms with van der Waals surface area (Å²) in [6.07, 6.45) is 0.843. The maximum atomic E-state index is 11.8. The molecular weight excluding hydrogens is 200 g/mol. The molecule has 1 unspecified atom stereocenters. The largest absolute Gasteiger partial charge is 0.368 e. The average molecular weight is 218 g/mol. The van der Waals surface area contributed by atoms with Gasteiger partial charge < -0.3 is 16.5 Å². The van der Waals surface area contributed by atoms with Gasteiger partial charge in [-0.2, -0.15) is 0 Å². The van der Waals surface area contributed by atoms with Crippen LogP contribution in [0.5, 0.6) is 0 Å². The number of rotatable bonds is 0. The number of hydrazone groups is 1. The van der Waals surface area contributed by atoms with E-state index in [2.05, 4.69) is 5.10 Å². The normalized spacial score (nSPS) is 28.6. The lowest BCUT2D eigenvalue weighted by Gasteiger charge is -2.22. The van der Waals surface area contributed by atoms with Gasteiger partial charge in [0.15, 0.2) is 0 Å². The van der Waals surface area contributed by atoms with Crippen LogP contribution in [0.15, 0.2) is 5.10 Å². The van der Waals surface area contributed by atoms with Gasteiger partial charge in [-0.15, -0.1) is 5.10 Å². The van der Waals surface area contributed by atoms with Gasteiger partial charge in [0.2, 0.25) is 5.96 Å². The number of hydrogen-bond donors (Lipinski definition) is 2. The fourth-order valence-electron chi connectivity index (χ4n) is 1.41. The highest BCUT2D eigenvalue weighted by Gasteiger charge is 2.30. The minimum absolute atomic E-state index is 0.135. The topological polar surface area (TPSA) is 84.7 Å². The summed E-state index contributed by atoms with van der Waals surface area (Å²) in [5, 5.41) is 3.45. The van der Waals surface area contributed by atoms with Crippen LogP contribution in [0.1, 0.15) is 20.3 Å².